The number of benzene rings is 2. The van der Waals surface area contributed by atoms with Gasteiger partial charge in [-0.25, -0.2) is 4.39 Å². The summed E-state index contributed by atoms with van der Waals surface area (Å²) in [5.74, 6) is -1.98. The van der Waals surface area contributed by atoms with Crippen LogP contribution in [0.3, 0.4) is 0 Å². The van der Waals surface area contributed by atoms with Crippen LogP contribution >= 0.6 is 0 Å². The molecule has 1 heterocycles. The summed E-state index contributed by atoms with van der Waals surface area (Å²) in [5.41, 5.74) is 0.660. The van der Waals surface area contributed by atoms with Crippen LogP contribution in [-0.2, 0) is 9.59 Å². The molecule has 8 heteroatoms. The Morgan fingerprint density at radius 3 is 2.27 bits per heavy atom. The average molecular weight is 457 g/mol. The van der Waals surface area contributed by atoms with E-state index in [0.717, 1.165) is 19.2 Å². The number of hydrogen-bond donors (Lipinski definition) is 1. The van der Waals surface area contributed by atoms with Crippen molar-refractivity contribution in [1.82, 2.24) is 9.80 Å². The van der Waals surface area contributed by atoms with E-state index in [2.05, 4.69) is 4.90 Å². The zero-order chi connectivity index (χ0) is 24.1. The zero-order valence-corrected chi connectivity index (χ0v) is 19.3. The van der Waals surface area contributed by atoms with Gasteiger partial charge < -0.3 is 24.4 Å². The van der Waals surface area contributed by atoms with Gasteiger partial charge in [0.1, 0.15) is 11.5 Å². The topological polar surface area (TPSA) is 79.3 Å². The Morgan fingerprint density at radius 2 is 1.73 bits per heavy atom. The number of amides is 1. The van der Waals surface area contributed by atoms with Crippen molar-refractivity contribution >= 4 is 17.4 Å². The van der Waals surface area contributed by atoms with E-state index in [0.29, 0.717) is 24.4 Å². The number of ketones is 1. The Balaban J connectivity index is 2.10. The smallest absolute Gasteiger partial charge is 0.295 e. The van der Waals surface area contributed by atoms with Gasteiger partial charge >= 0.3 is 0 Å². The van der Waals surface area contributed by atoms with Gasteiger partial charge in [0.2, 0.25) is 0 Å². The summed E-state index contributed by atoms with van der Waals surface area (Å²) in [7, 11) is 2.88. The first-order valence-electron chi connectivity index (χ1n) is 10.8. The second kappa shape index (κ2) is 10.5. The first-order chi connectivity index (χ1) is 15.9. The van der Waals surface area contributed by atoms with Gasteiger partial charge in [-0.05, 0) is 49.0 Å². The third-order valence-corrected chi connectivity index (χ3v) is 5.95. The SMILES string of the molecule is CCN(CC)CCN1C(=O)C(=O)C(=C(O)c2ccc(OC)c(F)c2)[C@@H]1c1ccc(OC)cc1. The number of carbonyl (C=O) groups excluding carboxylic acids is 2. The van der Waals surface area contributed by atoms with Crippen molar-refractivity contribution in [1.29, 1.82) is 0 Å². The van der Waals surface area contributed by atoms with Gasteiger partial charge in [-0.3, -0.25) is 9.59 Å². The second-order valence-corrected chi connectivity index (χ2v) is 7.64. The lowest BCUT2D eigenvalue weighted by Gasteiger charge is -2.28. The Hall–Kier alpha value is -3.39. The summed E-state index contributed by atoms with van der Waals surface area (Å²) in [4.78, 5) is 29.7. The summed E-state index contributed by atoms with van der Waals surface area (Å²) >= 11 is 0. The molecule has 1 N–H and O–H groups in total. The maximum atomic E-state index is 14.3. The molecule has 0 saturated carbocycles. The molecule has 0 spiro atoms. The summed E-state index contributed by atoms with van der Waals surface area (Å²) in [6.07, 6.45) is 0. The molecule has 3 rings (SSSR count). The molecule has 1 atom stereocenters. The number of carbonyl (C=O) groups is 2. The highest BCUT2D eigenvalue weighted by Crippen LogP contribution is 2.40. The zero-order valence-electron chi connectivity index (χ0n) is 19.3. The summed E-state index contributed by atoms with van der Waals surface area (Å²) in [5, 5.41) is 11.1. The normalized spacial score (nSPS) is 17.6. The largest absolute Gasteiger partial charge is 0.507 e. The summed E-state index contributed by atoms with van der Waals surface area (Å²) in [6, 6.07) is 10.1. The van der Waals surface area contributed by atoms with Crippen molar-refractivity contribution in [2.45, 2.75) is 19.9 Å². The van der Waals surface area contributed by atoms with E-state index < -0.39 is 29.3 Å². The number of Topliss-reactive ketones (excluding diaryl/α,β-unsaturated/α-hetero) is 1. The molecule has 1 amide bonds. The highest BCUT2D eigenvalue weighted by molar-refractivity contribution is 6.46. The second-order valence-electron chi connectivity index (χ2n) is 7.64. The number of ether oxygens (including phenoxy) is 2. The van der Waals surface area contributed by atoms with Crippen molar-refractivity contribution < 1.29 is 28.6 Å². The first kappa shape index (κ1) is 24.3. The van der Waals surface area contributed by atoms with E-state index in [-0.39, 0.29) is 16.9 Å². The fourth-order valence-electron chi connectivity index (χ4n) is 4.00. The van der Waals surface area contributed by atoms with E-state index in [4.69, 9.17) is 9.47 Å². The number of hydrogen-bond acceptors (Lipinski definition) is 6. The number of likely N-dealkylation sites (tertiary alicyclic amines) is 1. The first-order valence-corrected chi connectivity index (χ1v) is 10.8. The predicted molar refractivity (Wildman–Crippen MR) is 123 cm³/mol. The van der Waals surface area contributed by atoms with Crippen molar-refractivity contribution in [3.63, 3.8) is 0 Å². The van der Waals surface area contributed by atoms with Gasteiger partial charge in [0.05, 0.1) is 25.8 Å². The Kier molecular flexibility index (Phi) is 7.71. The molecule has 0 aromatic heterocycles. The number of aliphatic hydroxyl groups is 1. The molecule has 0 bridgehead atoms. The van der Waals surface area contributed by atoms with Crippen molar-refractivity contribution in [2.75, 3.05) is 40.4 Å². The Bertz CT molecular complexity index is 1050. The highest BCUT2D eigenvalue weighted by Gasteiger charge is 2.46. The van der Waals surface area contributed by atoms with E-state index in [1.165, 1.54) is 24.1 Å². The van der Waals surface area contributed by atoms with Crippen molar-refractivity contribution in [3.05, 3.63) is 65.0 Å². The van der Waals surface area contributed by atoms with Crippen LogP contribution in [0.25, 0.3) is 5.76 Å². The fourth-order valence-corrected chi connectivity index (χ4v) is 4.00. The molecule has 0 aliphatic carbocycles. The van der Waals surface area contributed by atoms with Crippen LogP contribution in [0.5, 0.6) is 11.5 Å². The number of rotatable bonds is 9. The van der Waals surface area contributed by atoms with Crippen LogP contribution in [0.4, 0.5) is 4.39 Å². The molecular weight excluding hydrogens is 427 g/mol. The monoisotopic (exact) mass is 456 g/mol. The standard InChI is InChI=1S/C25H29FN2O5/c1-5-27(6-2)13-14-28-22(16-7-10-18(32-3)11-8-16)21(24(30)25(28)31)23(29)17-9-12-20(33-4)19(26)15-17/h7-12,15,22,29H,5-6,13-14H2,1-4H3/t22-/m0/s1. The van der Waals surface area contributed by atoms with E-state index in [1.54, 1.807) is 31.4 Å². The molecule has 2 aromatic carbocycles. The van der Waals surface area contributed by atoms with Crippen LogP contribution in [0.1, 0.15) is 31.0 Å². The number of methoxy groups -OCH3 is 2. The summed E-state index contributed by atoms with van der Waals surface area (Å²) in [6.45, 7) is 6.53. The van der Waals surface area contributed by atoms with E-state index >= 15 is 0 Å². The quantitative estimate of drug-likeness (QED) is 0.353. The van der Waals surface area contributed by atoms with Gasteiger partial charge in [0, 0.05) is 18.7 Å². The molecule has 0 radical (unpaired) electrons. The molecule has 1 aliphatic rings. The molecule has 33 heavy (non-hydrogen) atoms. The molecule has 1 aliphatic heterocycles. The Morgan fingerprint density at radius 1 is 1.06 bits per heavy atom. The maximum Gasteiger partial charge on any atom is 0.295 e. The number of aliphatic hydroxyl groups excluding tert-OH is 1. The number of halogens is 1. The minimum absolute atomic E-state index is 0.0120. The molecule has 0 unspecified atom stereocenters. The maximum absolute atomic E-state index is 14.3. The lowest BCUT2D eigenvalue weighted by atomic mass is 9.95. The Labute approximate surface area is 193 Å². The van der Waals surface area contributed by atoms with E-state index in [9.17, 15) is 19.1 Å². The third kappa shape index (κ3) is 4.85. The number of nitrogens with zero attached hydrogens (tertiary/aromatic N) is 2. The lowest BCUT2D eigenvalue weighted by molar-refractivity contribution is -0.140. The molecule has 176 valence electrons. The number of likely N-dealkylation sites (N-methyl/N-ethyl adjacent to an activating group) is 1. The fraction of sp³-hybridized carbons (Fsp3) is 0.360. The minimum Gasteiger partial charge on any atom is -0.507 e. The van der Waals surface area contributed by atoms with Crippen molar-refractivity contribution in [2.24, 2.45) is 0 Å². The van der Waals surface area contributed by atoms with Crippen molar-refractivity contribution in [3.8, 4) is 11.5 Å². The molecule has 1 fully saturated rings. The van der Waals surface area contributed by atoms with E-state index in [1.807, 2.05) is 13.8 Å². The van der Waals surface area contributed by atoms with Crippen LogP contribution in [0.2, 0.25) is 0 Å². The van der Waals surface area contributed by atoms with Gasteiger partial charge in [-0.2, -0.15) is 0 Å². The van der Waals surface area contributed by atoms with Gasteiger partial charge in [-0.1, -0.05) is 26.0 Å². The van der Waals surface area contributed by atoms with Gasteiger partial charge in [0.25, 0.3) is 11.7 Å². The van der Waals surface area contributed by atoms with Crippen LogP contribution in [0.15, 0.2) is 48.0 Å². The molecule has 7 nitrogen and oxygen atoms in total. The molecular formula is C25H29FN2O5. The van der Waals surface area contributed by atoms with Crippen LogP contribution < -0.4 is 9.47 Å². The highest BCUT2D eigenvalue weighted by atomic mass is 19.1. The average Bonchev–Trinajstić information content (AvgIpc) is 3.09. The van der Waals surface area contributed by atoms with Crippen LogP contribution in [0, 0.1) is 5.82 Å². The minimum atomic E-state index is -0.809. The van der Waals surface area contributed by atoms with Gasteiger partial charge in [-0.15, -0.1) is 0 Å². The summed E-state index contributed by atoms with van der Waals surface area (Å²) < 4.78 is 24.4. The third-order valence-electron chi connectivity index (χ3n) is 5.95. The van der Waals surface area contributed by atoms with Crippen LogP contribution in [-0.4, -0.2) is 67.0 Å². The molecule has 1 saturated heterocycles. The lowest BCUT2D eigenvalue weighted by Crippen LogP contribution is -2.38. The predicted octanol–water partition coefficient (Wildman–Crippen LogP) is 3.61. The van der Waals surface area contributed by atoms with Gasteiger partial charge in [0.15, 0.2) is 11.6 Å². The molecule has 2 aromatic rings.